The van der Waals surface area contributed by atoms with Crippen LogP contribution in [0.2, 0.25) is 0 Å². The van der Waals surface area contributed by atoms with Gasteiger partial charge >= 0.3 is 0 Å². The summed E-state index contributed by atoms with van der Waals surface area (Å²) >= 11 is 0. The maximum Gasteiger partial charge on any atom is 0.224 e. The molecule has 2 aromatic rings. The van der Waals surface area contributed by atoms with Crippen molar-refractivity contribution in [1.82, 2.24) is 0 Å². The van der Waals surface area contributed by atoms with Gasteiger partial charge in [-0.1, -0.05) is 0 Å². The van der Waals surface area contributed by atoms with Crippen molar-refractivity contribution in [3.63, 3.8) is 0 Å². The second-order valence-corrected chi connectivity index (χ2v) is 6.10. The van der Waals surface area contributed by atoms with Crippen molar-refractivity contribution in [3.8, 4) is 11.5 Å². The summed E-state index contributed by atoms with van der Waals surface area (Å²) in [5, 5.41) is 5.69. The van der Waals surface area contributed by atoms with Crippen LogP contribution in [-0.4, -0.2) is 25.5 Å². The number of methoxy groups -OCH3 is 1. The minimum Gasteiger partial charge on any atom is -0.497 e. The molecule has 0 saturated heterocycles. The molecule has 0 atom stereocenters. The highest BCUT2D eigenvalue weighted by molar-refractivity contribution is 5.94. The standard InChI is InChI=1S/C20H22N2O4/c1-25-16-7-5-15(6-8-16)21-19(23)3-2-12-26-17-9-10-18-14(13-17)4-11-20(24)22-18/h5-10,13H,2-4,11-12H2,1H3,(H,21,23)(H,22,24). The molecular weight excluding hydrogens is 332 g/mol. The van der Waals surface area contributed by atoms with Gasteiger partial charge in [-0.2, -0.15) is 0 Å². The van der Waals surface area contributed by atoms with Crippen LogP contribution in [-0.2, 0) is 16.0 Å². The molecule has 0 spiro atoms. The molecule has 0 radical (unpaired) electrons. The third-order valence-electron chi connectivity index (χ3n) is 4.16. The molecule has 6 heteroatoms. The summed E-state index contributed by atoms with van der Waals surface area (Å²) < 4.78 is 10.8. The second-order valence-electron chi connectivity index (χ2n) is 6.10. The Morgan fingerprint density at radius 1 is 1.12 bits per heavy atom. The van der Waals surface area contributed by atoms with E-state index >= 15 is 0 Å². The van der Waals surface area contributed by atoms with Crippen molar-refractivity contribution in [3.05, 3.63) is 48.0 Å². The van der Waals surface area contributed by atoms with Crippen LogP contribution in [0.25, 0.3) is 0 Å². The molecule has 6 nitrogen and oxygen atoms in total. The average molecular weight is 354 g/mol. The number of hydrogen-bond donors (Lipinski definition) is 2. The van der Waals surface area contributed by atoms with Crippen molar-refractivity contribution < 1.29 is 19.1 Å². The summed E-state index contributed by atoms with van der Waals surface area (Å²) in [7, 11) is 1.60. The minimum atomic E-state index is -0.0491. The van der Waals surface area contributed by atoms with E-state index in [0.717, 1.165) is 34.9 Å². The van der Waals surface area contributed by atoms with Gasteiger partial charge in [0.2, 0.25) is 11.8 Å². The van der Waals surface area contributed by atoms with Crippen molar-refractivity contribution in [2.45, 2.75) is 25.7 Å². The Morgan fingerprint density at radius 3 is 2.65 bits per heavy atom. The molecule has 3 rings (SSSR count). The van der Waals surface area contributed by atoms with Gasteiger partial charge in [0.15, 0.2) is 0 Å². The van der Waals surface area contributed by atoms with Gasteiger partial charge in [0.05, 0.1) is 13.7 Å². The zero-order chi connectivity index (χ0) is 18.4. The molecule has 1 aliphatic rings. The van der Waals surface area contributed by atoms with Crippen molar-refractivity contribution in [1.29, 1.82) is 0 Å². The predicted octanol–water partition coefficient (Wildman–Crippen LogP) is 3.38. The Bertz CT molecular complexity index is 787. The monoisotopic (exact) mass is 354 g/mol. The normalized spacial score (nSPS) is 12.7. The molecule has 136 valence electrons. The number of aryl methyl sites for hydroxylation is 1. The molecule has 0 fully saturated rings. The van der Waals surface area contributed by atoms with Crippen LogP contribution < -0.4 is 20.1 Å². The van der Waals surface area contributed by atoms with Crippen LogP contribution in [0.1, 0.15) is 24.8 Å². The number of rotatable bonds is 7. The van der Waals surface area contributed by atoms with Gasteiger partial charge in [0.25, 0.3) is 0 Å². The molecular formula is C20H22N2O4. The minimum absolute atomic E-state index is 0.0491. The van der Waals surface area contributed by atoms with Crippen molar-refractivity contribution in [2.24, 2.45) is 0 Å². The van der Waals surface area contributed by atoms with Gasteiger partial charge in [-0.3, -0.25) is 9.59 Å². The number of fused-ring (bicyclic) bond motifs is 1. The molecule has 0 unspecified atom stereocenters. The van der Waals surface area contributed by atoms with E-state index in [1.807, 2.05) is 18.2 Å². The number of anilines is 2. The van der Waals surface area contributed by atoms with E-state index in [1.54, 1.807) is 31.4 Å². The number of hydrogen-bond acceptors (Lipinski definition) is 4. The van der Waals surface area contributed by atoms with Crippen LogP contribution in [0.4, 0.5) is 11.4 Å². The number of amides is 2. The first-order valence-corrected chi connectivity index (χ1v) is 8.63. The highest BCUT2D eigenvalue weighted by Crippen LogP contribution is 2.26. The maximum atomic E-state index is 12.0. The fourth-order valence-electron chi connectivity index (χ4n) is 2.77. The third-order valence-corrected chi connectivity index (χ3v) is 4.16. The summed E-state index contributed by atoms with van der Waals surface area (Å²) in [5.74, 6) is 1.51. The van der Waals surface area contributed by atoms with Crippen LogP contribution in [0.5, 0.6) is 11.5 Å². The summed E-state index contributed by atoms with van der Waals surface area (Å²) in [5.41, 5.74) is 2.68. The lowest BCUT2D eigenvalue weighted by atomic mass is 10.0. The lowest BCUT2D eigenvalue weighted by Gasteiger charge is -2.17. The van der Waals surface area contributed by atoms with Gasteiger partial charge < -0.3 is 20.1 Å². The van der Waals surface area contributed by atoms with Gasteiger partial charge in [-0.15, -0.1) is 0 Å². The van der Waals surface area contributed by atoms with Gasteiger partial charge in [-0.25, -0.2) is 0 Å². The molecule has 0 saturated carbocycles. The molecule has 0 bridgehead atoms. The smallest absolute Gasteiger partial charge is 0.224 e. The van der Waals surface area contributed by atoms with E-state index < -0.39 is 0 Å². The molecule has 0 aromatic heterocycles. The molecule has 2 aromatic carbocycles. The lowest BCUT2D eigenvalue weighted by molar-refractivity contribution is -0.117. The Kier molecular flexibility index (Phi) is 5.73. The SMILES string of the molecule is COc1ccc(NC(=O)CCCOc2ccc3c(c2)CCC(=O)N3)cc1. The number of benzene rings is 2. The van der Waals surface area contributed by atoms with Gasteiger partial charge in [-0.05, 0) is 60.9 Å². The number of carbonyl (C=O) groups excluding carboxylic acids is 2. The second kappa shape index (κ2) is 8.38. The van der Waals surface area contributed by atoms with E-state index in [0.29, 0.717) is 25.9 Å². The Hall–Kier alpha value is -3.02. The average Bonchev–Trinajstić information content (AvgIpc) is 2.66. The van der Waals surface area contributed by atoms with E-state index in [1.165, 1.54) is 0 Å². The molecule has 1 aliphatic heterocycles. The number of carbonyl (C=O) groups is 2. The highest BCUT2D eigenvalue weighted by Gasteiger charge is 2.15. The fourth-order valence-corrected chi connectivity index (χ4v) is 2.77. The topological polar surface area (TPSA) is 76.7 Å². The Morgan fingerprint density at radius 2 is 1.88 bits per heavy atom. The van der Waals surface area contributed by atoms with Crippen LogP contribution >= 0.6 is 0 Å². The van der Waals surface area contributed by atoms with E-state index in [4.69, 9.17) is 9.47 Å². The summed E-state index contributed by atoms with van der Waals surface area (Å²) in [4.78, 5) is 23.3. The fraction of sp³-hybridized carbons (Fsp3) is 0.300. The first-order chi connectivity index (χ1) is 12.6. The van der Waals surface area contributed by atoms with E-state index in [-0.39, 0.29) is 11.8 Å². The number of ether oxygens (including phenoxy) is 2. The summed E-state index contributed by atoms with van der Waals surface area (Å²) in [6.07, 6.45) is 2.23. The first-order valence-electron chi connectivity index (χ1n) is 8.63. The lowest BCUT2D eigenvalue weighted by Crippen LogP contribution is -2.18. The van der Waals surface area contributed by atoms with Crippen LogP contribution in [0, 0.1) is 0 Å². The molecule has 26 heavy (non-hydrogen) atoms. The van der Waals surface area contributed by atoms with E-state index in [2.05, 4.69) is 10.6 Å². The molecule has 1 heterocycles. The van der Waals surface area contributed by atoms with Crippen molar-refractivity contribution >= 4 is 23.2 Å². The first kappa shape index (κ1) is 17.8. The molecule has 0 aliphatic carbocycles. The van der Waals surface area contributed by atoms with E-state index in [9.17, 15) is 9.59 Å². The van der Waals surface area contributed by atoms with Crippen LogP contribution in [0.15, 0.2) is 42.5 Å². The van der Waals surface area contributed by atoms with Crippen LogP contribution in [0.3, 0.4) is 0 Å². The zero-order valence-corrected chi connectivity index (χ0v) is 14.7. The number of nitrogens with one attached hydrogen (secondary N) is 2. The molecule has 2 amide bonds. The largest absolute Gasteiger partial charge is 0.497 e. The Labute approximate surface area is 152 Å². The van der Waals surface area contributed by atoms with Gasteiger partial charge in [0, 0.05) is 24.2 Å². The van der Waals surface area contributed by atoms with Crippen molar-refractivity contribution in [2.75, 3.05) is 24.4 Å². The Balaban J connectivity index is 1.41. The maximum absolute atomic E-state index is 12.0. The predicted molar refractivity (Wildman–Crippen MR) is 99.7 cm³/mol. The summed E-state index contributed by atoms with van der Waals surface area (Å²) in [6, 6.07) is 12.9. The van der Waals surface area contributed by atoms with Gasteiger partial charge in [0.1, 0.15) is 11.5 Å². The molecule has 2 N–H and O–H groups in total. The third kappa shape index (κ3) is 4.75. The highest BCUT2D eigenvalue weighted by atomic mass is 16.5. The summed E-state index contributed by atoms with van der Waals surface area (Å²) in [6.45, 7) is 0.460. The quantitative estimate of drug-likeness (QED) is 0.748. The zero-order valence-electron chi connectivity index (χ0n) is 14.7.